The molecule has 128 valence electrons. The lowest BCUT2D eigenvalue weighted by atomic mass is 9.74. The number of carbonyl (C=O) groups is 1. The second-order valence-electron chi connectivity index (χ2n) is 8.16. The van der Waals surface area contributed by atoms with E-state index < -0.39 is 0 Å². The van der Waals surface area contributed by atoms with Crippen molar-refractivity contribution in [1.29, 1.82) is 0 Å². The maximum absolute atomic E-state index is 12.2. The molecular formula is C20H30O3. The van der Waals surface area contributed by atoms with Gasteiger partial charge in [-0.2, -0.15) is 0 Å². The van der Waals surface area contributed by atoms with Crippen molar-refractivity contribution < 1.29 is 14.6 Å². The zero-order valence-electron chi connectivity index (χ0n) is 14.8. The minimum absolute atomic E-state index is 0.0750. The van der Waals surface area contributed by atoms with Crippen molar-refractivity contribution in [3.8, 4) is 0 Å². The van der Waals surface area contributed by atoms with Crippen LogP contribution in [0.4, 0.5) is 0 Å². The summed E-state index contributed by atoms with van der Waals surface area (Å²) < 4.78 is 5.38. The number of rotatable bonds is 4. The lowest BCUT2D eigenvalue weighted by Gasteiger charge is -2.33. The molecule has 3 nitrogen and oxygen atoms in total. The molecular weight excluding hydrogens is 288 g/mol. The smallest absolute Gasteiger partial charge is 0.334 e. The topological polar surface area (TPSA) is 46.5 Å². The first-order chi connectivity index (χ1) is 10.9. The fourth-order valence-corrected chi connectivity index (χ4v) is 4.74. The molecule has 0 radical (unpaired) electrons. The number of esters is 1. The van der Waals surface area contributed by atoms with Gasteiger partial charge in [0.2, 0.25) is 0 Å². The highest BCUT2D eigenvalue weighted by molar-refractivity contribution is 5.93. The molecule has 0 aromatic heterocycles. The Balaban J connectivity index is 1.85. The molecule has 1 heterocycles. The van der Waals surface area contributed by atoms with Gasteiger partial charge in [0.15, 0.2) is 0 Å². The van der Waals surface area contributed by atoms with Gasteiger partial charge >= 0.3 is 5.97 Å². The Bertz CT molecular complexity index is 541. The molecule has 0 amide bonds. The third kappa shape index (κ3) is 3.26. The quantitative estimate of drug-likeness (QED) is 0.632. The normalized spacial score (nSPS) is 37.3. The lowest BCUT2D eigenvalue weighted by Crippen LogP contribution is -2.33. The highest BCUT2D eigenvalue weighted by Gasteiger charge is 2.52. The fraction of sp³-hybridized carbons (Fsp3) is 0.750. The number of allylic oxidation sites excluding steroid dienone is 2. The molecule has 3 aliphatic rings. The molecule has 6 atom stereocenters. The number of cyclic esters (lactones) is 1. The van der Waals surface area contributed by atoms with Crippen LogP contribution in [0.5, 0.6) is 0 Å². The number of carbonyl (C=O) groups excluding carboxylic acids is 1. The predicted octanol–water partition coefficient (Wildman–Crippen LogP) is 3.88. The van der Waals surface area contributed by atoms with Crippen LogP contribution in [0.25, 0.3) is 0 Å². The standard InChI is InChI=1S/C20H30O3/c1-11(2)6-5-7-12(3)18-16-10-23-20(22)19(16)15-9-14(15)13(4)8-17(18)21/h6,12-15,17-18,21H,5,7-10H2,1-4H3/t12-,13+,14-,15-,17+,18-/m1/s1. The fourth-order valence-electron chi connectivity index (χ4n) is 4.74. The van der Waals surface area contributed by atoms with Crippen molar-refractivity contribution in [3.63, 3.8) is 0 Å². The number of fused-ring (bicyclic) bond motifs is 2. The van der Waals surface area contributed by atoms with Crippen molar-refractivity contribution >= 4 is 5.97 Å². The summed E-state index contributed by atoms with van der Waals surface area (Å²) in [7, 11) is 0. The van der Waals surface area contributed by atoms with Gasteiger partial charge in [-0.15, -0.1) is 0 Å². The third-order valence-corrected chi connectivity index (χ3v) is 6.08. The molecule has 0 spiro atoms. The second-order valence-corrected chi connectivity index (χ2v) is 8.16. The Morgan fingerprint density at radius 3 is 2.83 bits per heavy atom. The average molecular weight is 318 g/mol. The number of hydrogen-bond acceptors (Lipinski definition) is 3. The second kappa shape index (κ2) is 6.43. The van der Waals surface area contributed by atoms with Crippen molar-refractivity contribution in [2.24, 2.45) is 29.6 Å². The first-order valence-corrected chi connectivity index (χ1v) is 9.11. The van der Waals surface area contributed by atoms with Crippen LogP contribution in [0.3, 0.4) is 0 Å². The first kappa shape index (κ1) is 16.8. The lowest BCUT2D eigenvalue weighted by molar-refractivity contribution is -0.136. The summed E-state index contributed by atoms with van der Waals surface area (Å²) in [5, 5.41) is 10.9. The van der Waals surface area contributed by atoms with Gasteiger partial charge < -0.3 is 9.84 Å². The summed E-state index contributed by atoms with van der Waals surface area (Å²) >= 11 is 0. The van der Waals surface area contributed by atoms with E-state index in [2.05, 4.69) is 33.8 Å². The van der Waals surface area contributed by atoms with E-state index >= 15 is 0 Å². The largest absolute Gasteiger partial charge is 0.458 e. The van der Waals surface area contributed by atoms with Crippen LogP contribution < -0.4 is 0 Å². The molecule has 3 heteroatoms. The number of aliphatic hydroxyl groups is 1. The predicted molar refractivity (Wildman–Crippen MR) is 90.7 cm³/mol. The van der Waals surface area contributed by atoms with Gasteiger partial charge in [-0.05, 0) is 68.8 Å². The van der Waals surface area contributed by atoms with Gasteiger partial charge in [0.1, 0.15) is 6.61 Å². The van der Waals surface area contributed by atoms with E-state index in [9.17, 15) is 9.90 Å². The third-order valence-electron chi connectivity index (χ3n) is 6.08. The van der Waals surface area contributed by atoms with Crippen molar-refractivity contribution in [2.75, 3.05) is 6.61 Å². The number of ether oxygens (including phenoxy) is 1. The minimum atomic E-state index is -0.354. The summed E-state index contributed by atoms with van der Waals surface area (Å²) in [6, 6.07) is 0. The molecule has 0 unspecified atom stereocenters. The summed E-state index contributed by atoms with van der Waals surface area (Å²) in [6.45, 7) is 9.09. The molecule has 1 saturated carbocycles. The number of hydrogen-bond donors (Lipinski definition) is 1. The molecule has 3 rings (SSSR count). The molecule has 0 bridgehead atoms. The van der Waals surface area contributed by atoms with Gasteiger partial charge in [-0.3, -0.25) is 0 Å². The number of aliphatic hydroxyl groups excluding tert-OH is 1. The molecule has 1 N–H and O–H groups in total. The van der Waals surface area contributed by atoms with Crippen LogP contribution in [0.2, 0.25) is 0 Å². The van der Waals surface area contributed by atoms with Crippen LogP contribution in [0.15, 0.2) is 22.8 Å². The minimum Gasteiger partial charge on any atom is -0.458 e. The van der Waals surface area contributed by atoms with E-state index in [4.69, 9.17) is 4.74 Å². The van der Waals surface area contributed by atoms with Gasteiger partial charge in [0, 0.05) is 11.5 Å². The zero-order valence-corrected chi connectivity index (χ0v) is 14.8. The Labute approximate surface area is 139 Å². The van der Waals surface area contributed by atoms with Crippen LogP contribution in [0.1, 0.15) is 53.4 Å². The molecule has 1 fully saturated rings. The summed E-state index contributed by atoms with van der Waals surface area (Å²) in [4.78, 5) is 12.2. The first-order valence-electron chi connectivity index (χ1n) is 9.11. The molecule has 0 aromatic rings. The maximum atomic E-state index is 12.2. The monoisotopic (exact) mass is 318 g/mol. The summed E-state index contributed by atoms with van der Waals surface area (Å²) in [6.07, 6.45) is 5.93. The highest BCUT2D eigenvalue weighted by Crippen LogP contribution is 2.55. The molecule has 2 aliphatic carbocycles. The average Bonchev–Trinajstić information content (AvgIpc) is 3.15. The van der Waals surface area contributed by atoms with Gasteiger partial charge in [-0.1, -0.05) is 25.5 Å². The SMILES string of the molecule is CC(C)=CCC[C@@H](C)[C@@H]1C2=C(C(=O)OC2)[C@@H]2C[C@@H]2[C@@H](C)C[C@@H]1O. The zero-order chi connectivity index (χ0) is 16.7. The molecule has 1 aliphatic heterocycles. The Hall–Kier alpha value is -1.09. The van der Waals surface area contributed by atoms with Gasteiger partial charge in [0.05, 0.1) is 6.10 Å². The van der Waals surface area contributed by atoms with E-state index in [1.165, 1.54) is 5.57 Å². The van der Waals surface area contributed by atoms with Crippen LogP contribution in [-0.4, -0.2) is 23.8 Å². The summed E-state index contributed by atoms with van der Waals surface area (Å²) in [5.41, 5.74) is 3.38. The summed E-state index contributed by atoms with van der Waals surface area (Å²) in [5.74, 6) is 1.78. The molecule has 23 heavy (non-hydrogen) atoms. The Morgan fingerprint density at radius 2 is 2.13 bits per heavy atom. The van der Waals surface area contributed by atoms with Crippen molar-refractivity contribution in [2.45, 2.75) is 59.5 Å². The van der Waals surface area contributed by atoms with Crippen LogP contribution in [0, 0.1) is 29.6 Å². The van der Waals surface area contributed by atoms with E-state index in [0.29, 0.717) is 30.3 Å². The molecule has 0 aromatic carbocycles. The van der Waals surface area contributed by atoms with E-state index in [-0.39, 0.29) is 18.0 Å². The van der Waals surface area contributed by atoms with Crippen LogP contribution >= 0.6 is 0 Å². The molecule has 0 saturated heterocycles. The van der Waals surface area contributed by atoms with Crippen molar-refractivity contribution in [3.05, 3.63) is 22.8 Å². The van der Waals surface area contributed by atoms with Crippen LogP contribution in [-0.2, 0) is 9.53 Å². The maximum Gasteiger partial charge on any atom is 0.334 e. The Kier molecular flexibility index (Phi) is 4.68. The van der Waals surface area contributed by atoms with E-state index in [1.54, 1.807) is 0 Å². The van der Waals surface area contributed by atoms with E-state index in [0.717, 1.165) is 36.8 Å². The van der Waals surface area contributed by atoms with Gasteiger partial charge in [0.25, 0.3) is 0 Å². The highest BCUT2D eigenvalue weighted by atomic mass is 16.5. The Morgan fingerprint density at radius 1 is 1.39 bits per heavy atom. The van der Waals surface area contributed by atoms with Gasteiger partial charge in [-0.25, -0.2) is 4.79 Å². The van der Waals surface area contributed by atoms with E-state index in [1.807, 2.05) is 0 Å². The van der Waals surface area contributed by atoms with Crippen molar-refractivity contribution in [1.82, 2.24) is 0 Å².